The summed E-state index contributed by atoms with van der Waals surface area (Å²) in [5.41, 5.74) is 7.60. The Bertz CT molecular complexity index is 634. The lowest BCUT2D eigenvalue weighted by atomic mass is 9.98. The second kappa shape index (κ2) is 7.51. The second-order valence-corrected chi connectivity index (χ2v) is 6.15. The first-order valence-electron chi connectivity index (χ1n) is 6.33. The summed E-state index contributed by atoms with van der Waals surface area (Å²) in [5, 5.41) is 16.0. The van der Waals surface area contributed by atoms with E-state index in [1.54, 1.807) is 0 Å². The van der Waals surface area contributed by atoms with Crippen molar-refractivity contribution in [1.29, 1.82) is 0 Å². The molecule has 0 spiro atoms. The van der Waals surface area contributed by atoms with Crippen LogP contribution in [-0.2, 0) is 0 Å². The molecule has 0 saturated carbocycles. The van der Waals surface area contributed by atoms with Crippen molar-refractivity contribution >= 4 is 45.7 Å². The van der Waals surface area contributed by atoms with Gasteiger partial charge in [-0.3, -0.25) is 0 Å². The quantitative estimate of drug-likeness (QED) is 0.228. The van der Waals surface area contributed by atoms with E-state index in [4.69, 9.17) is 22.5 Å². The largest absolute Gasteiger partial charge is 0.409 e. The lowest BCUT2D eigenvalue weighted by Crippen LogP contribution is -2.28. The Hall–Kier alpha value is -1.47. The highest BCUT2D eigenvalue weighted by Crippen LogP contribution is 2.25. The number of benzene rings is 2. The SMILES string of the molecule is N/C(=N/O)C(CNc1ccc(I)cc1Cl)c1ccccc1. The predicted molar refractivity (Wildman–Crippen MR) is 95.3 cm³/mol. The number of nitrogens with zero attached hydrogens (tertiary/aromatic N) is 1. The maximum Gasteiger partial charge on any atom is 0.148 e. The molecule has 0 bridgehead atoms. The van der Waals surface area contributed by atoms with E-state index in [1.165, 1.54) is 0 Å². The first-order valence-corrected chi connectivity index (χ1v) is 7.78. The van der Waals surface area contributed by atoms with E-state index < -0.39 is 0 Å². The van der Waals surface area contributed by atoms with Crippen molar-refractivity contribution in [2.24, 2.45) is 10.9 Å². The van der Waals surface area contributed by atoms with Crippen LogP contribution in [0.5, 0.6) is 0 Å². The van der Waals surface area contributed by atoms with Crippen LogP contribution in [0.15, 0.2) is 53.7 Å². The molecule has 0 aliphatic heterocycles. The molecule has 0 radical (unpaired) electrons. The van der Waals surface area contributed by atoms with E-state index in [0.29, 0.717) is 11.6 Å². The summed E-state index contributed by atoms with van der Waals surface area (Å²) in [6.45, 7) is 0.486. The molecular weight excluding hydrogens is 401 g/mol. The Morgan fingerprint density at radius 2 is 2.00 bits per heavy atom. The van der Waals surface area contributed by atoms with E-state index in [0.717, 1.165) is 14.8 Å². The Morgan fingerprint density at radius 3 is 2.62 bits per heavy atom. The van der Waals surface area contributed by atoms with Gasteiger partial charge in [-0.25, -0.2) is 0 Å². The molecule has 0 fully saturated rings. The molecule has 0 aliphatic rings. The Balaban J connectivity index is 2.17. The molecule has 1 unspecified atom stereocenters. The van der Waals surface area contributed by atoms with E-state index in [9.17, 15) is 0 Å². The lowest BCUT2D eigenvalue weighted by molar-refractivity contribution is 0.316. The molecule has 0 aromatic heterocycles. The minimum atomic E-state index is -0.230. The maximum absolute atomic E-state index is 8.96. The standard InChI is InChI=1S/C15H15ClIN3O/c16-13-8-11(17)6-7-14(13)19-9-12(15(18)20-21)10-4-2-1-3-5-10/h1-8,12,19,21H,9H2,(H2,18,20). The molecule has 2 rings (SSSR count). The average Bonchev–Trinajstić information content (AvgIpc) is 2.50. The summed E-state index contributed by atoms with van der Waals surface area (Å²) in [6, 6.07) is 15.4. The molecule has 6 heteroatoms. The molecule has 2 aromatic carbocycles. The third kappa shape index (κ3) is 4.25. The summed E-state index contributed by atoms with van der Waals surface area (Å²) in [7, 11) is 0. The first-order chi connectivity index (χ1) is 10.1. The topological polar surface area (TPSA) is 70.6 Å². The van der Waals surface area contributed by atoms with Crippen LogP contribution in [0.1, 0.15) is 11.5 Å². The molecular formula is C15H15ClIN3O. The number of nitrogens with two attached hydrogens (primary N) is 1. The van der Waals surface area contributed by atoms with Crippen molar-refractivity contribution in [2.45, 2.75) is 5.92 Å². The summed E-state index contributed by atoms with van der Waals surface area (Å²) in [4.78, 5) is 0. The Kier molecular flexibility index (Phi) is 5.69. The molecule has 21 heavy (non-hydrogen) atoms. The summed E-state index contributed by atoms with van der Waals surface area (Å²) in [6.07, 6.45) is 0. The highest BCUT2D eigenvalue weighted by molar-refractivity contribution is 14.1. The molecule has 1 atom stereocenters. The van der Waals surface area contributed by atoms with Gasteiger partial charge in [0.15, 0.2) is 0 Å². The number of nitrogens with one attached hydrogen (secondary N) is 1. The smallest absolute Gasteiger partial charge is 0.148 e. The number of halogens is 2. The van der Waals surface area contributed by atoms with Crippen LogP contribution < -0.4 is 11.1 Å². The van der Waals surface area contributed by atoms with Gasteiger partial charge in [-0.15, -0.1) is 0 Å². The van der Waals surface area contributed by atoms with Gasteiger partial charge in [-0.1, -0.05) is 47.1 Å². The third-order valence-electron chi connectivity index (χ3n) is 3.10. The van der Waals surface area contributed by atoms with E-state index in [2.05, 4.69) is 33.1 Å². The number of anilines is 1. The van der Waals surface area contributed by atoms with Crippen LogP contribution in [0, 0.1) is 3.57 Å². The second-order valence-electron chi connectivity index (χ2n) is 4.49. The van der Waals surface area contributed by atoms with Crippen LogP contribution in [0.3, 0.4) is 0 Å². The van der Waals surface area contributed by atoms with Crippen molar-refractivity contribution in [1.82, 2.24) is 0 Å². The Morgan fingerprint density at radius 1 is 1.29 bits per heavy atom. The normalized spacial score (nSPS) is 13.0. The van der Waals surface area contributed by atoms with Gasteiger partial charge < -0.3 is 16.3 Å². The predicted octanol–water partition coefficient (Wildman–Crippen LogP) is 3.89. The fourth-order valence-electron chi connectivity index (χ4n) is 1.99. The number of hydrogen-bond acceptors (Lipinski definition) is 3. The number of amidine groups is 1. The minimum Gasteiger partial charge on any atom is -0.409 e. The van der Waals surface area contributed by atoms with E-state index in [1.807, 2.05) is 48.5 Å². The molecule has 4 N–H and O–H groups in total. The van der Waals surface area contributed by atoms with Gasteiger partial charge >= 0.3 is 0 Å². The van der Waals surface area contributed by atoms with Gasteiger partial charge in [0.1, 0.15) is 5.84 Å². The number of hydrogen-bond donors (Lipinski definition) is 3. The minimum absolute atomic E-state index is 0.162. The van der Waals surface area contributed by atoms with Crippen LogP contribution in [0.25, 0.3) is 0 Å². The van der Waals surface area contributed by atoms with Gasteiger partial charge in [-0.2, -0.15) is 0 Å². The zero-order valence-corrected chi connectivity index (χ0v) is 14.0. The number of rotatable bonds is 5. The molecule has 0 saturated heterocycles. The molecule has 110 valence electrons. The van der Waals surface area contributed by atoms with Gasteiger partial charge in [0, 0.05) is 10.1 Å². The van der Waals surface area contributed by atoms with Crippen molar-refractivity contribution in [3.05, 3.63) is 62.7 Å². The van der Waals surface area contributed by atoms with Gasteiger partial charge in [-0.05, 0) is 46.4 Å². The Labute approximate surface area is 142 Å². The molecule has 0 heterocycles. The first kappa shape index (κ1) is 15.9. The van der Waals surface area contributed by atoms with Gasteiger partial charge in [0.25, 0.3) is 0 Å². The highest BCUT2D eigenvalue weighted by Gasteiger charge is 2.16. The van der Waals surface area contributed by atoms with Crippen LogP contribution in [-0.4, -0.2) is 17.6 Å². The molecule has 0 amide bonds. The summed E-state index contributed by atoms with van der Waals surface area (Å²) in [5.74, 6) is -0.0677. The van der Waals surface area contributed by atoms with Crippen molar-refractivity contribution in [3.63, 3.8) is 0 Å². The molecule has 2 aromatic rings. The van der Waals surface area contributed by atoms with E-state index >= 15 is 0 Å². The summed E-state index contributed by atoms with van der Waals surface area (Å²) < 4.78 is 1.07. The average molecular weight is 416 g/mol. The van der Waals surface area contributed by atoms with Gasteiger partial charge in [0.05, 0.1) is 16.6 Å². The molecule has 4 nitrogen and oxygen atoms in total. The van der Waals surface area contributed by atoms with Crippen LogP contribution >= 0.6 is 34.2 Å². The van der Waals surface area contributed by atoms with Crippen molar-refractivity contribution in [2.75, 3.05) is 11.9 Å². The lowest BCUT2D eigenvalue weighted by Gasteiger charge is -2.18. The van der Waals surface area contributed by atoms with Crippen molar-refractivity contribution < 1.29 is 5.21 Å². The van der Waals surface area contributed by atoms with Crippen molar-refractivity contribution in [3.8, 4) is 0 Å². The van der Waals surface area contributed by atoms with Crippen LogP contribution in [0.2, 0.25) is 5.02 Å². The zero-order chi connectivity index (χ0) is 15.2. The number of oxime groups is 1. The zero-order valence-electron chi connectivity index (χ0n) is 11.1. The maximum atomic E-state index is 8.96. The fourth-order valence-corrected chi connectivity index (χ4v) is 2.92. The van der Waals surface area contributed by atoms with E-state index in [-0.39, 0.29) is 11.8 Å². The molecule has 0 aliphatic carbocycles. The van der Waals surface area contributed by atoms with Crippen LogP contribution in [0.4, 0.5) is 5.69 Å². The van der Waals surface area contributed by atoms with Gasteiger partial charge in [0.2, 0.25) is 0 Å². The monoisotopic (exact) mass is 415 g/mol. The third-order valence-corrected chi connectivity index (χ3v) is 4.09. The highest BCUT2D eigenvalue weighted by atomic mass is 127. The fraction of sp³-hybridized carbons (Fsp3) is 0.133. The summed E-state index contributed by atoms with van der Waals surface area (Å²) >= 11 is 8.40.